The van der Waals surface area contributed by atoms with Gasteiger partial charge in [0.25, 0.3) is 5.91 Å². The van der Waals surface area contributed by atoms with E-state index in [1.807, 2.05) is 26.0 Å². The normalized spacial score (nSPS) is 15.2. The zero-order valence-corrected chi connectivity index (χ0v) is 16.8. The number of nitrogens with zero attached hydrogens (tertiary/aromatic N) is 1. The van der Waals surface area contributed by atoms with Crippen LogP contribution in [0.25, 0.3) is 10.9 Å². The number of benzene rings is 2. The Labute approximate surface area is 164 Å². The number of carbonyl (C=O) groups excluding carboxylic acids is 1. The summed E-state index contributed by atoms with van der Waals surface area (Å²) < 4.78 is 27.0. The average molecular weight is 398 g/mol. The highest BCUT2D eigenvalue weighted by atomic mass is 32.2. The van der Waals surface area contributed by atoms with E-state index in [0.29, 0.717) is 24.3 Å². The van der Waals surface area contributed by atoms with Crippen LogP contribution in [0.4, 0.5) is 5.69 Å². The van der Waals surface area contributed by atoms with E-state index < -0.39 is 10.0 Å². The molecule has 1 saturated heterocycles. The predicted octanol–water partition coefficient (Wildman–Crippen LogP) is 3.82. The van der Waals surface area contributed by atoms with Crippen molar-refractivity contribution in [1.29, 1.82) is 0 Å². The van der Waals surface area contributed by atoms with Crippen molar-refractivity contribution in [3.8, 4) is 0 Å². The van der Waals surface area contributed by atoms with Crippen molar-refractivity contribution in [2.45, 2.75) is 31.6 Å². The van der Waals surface area contributed by atoms with E-state index in [-0.39, 0.29) is 10.8 Å². The minimum atomic E-state index is -3.52. The van der Waals surface area contributed by atoms with Gasteiger partial charge in [0.1, 0.15) is 0 Å². The smallest absolute Gasteiger partial charge is 0.255 e. The number of carbonyl (C=O) groups is 1. The van der Waals surface area contributed by atoms with Crippen molar-refractivity contribution >= 4 is 32.5 Å². The van der Waals surface area contributed by atoms with Crippen molar-refractivity contribution < 1.29 is 13.2 Å². The van der Waals surface area contributed by atoms with Crippen molar-refractivity contribution in [3.05, 3.63) is 59.3 Å². The van der Waals surface area contributed by atoms with Crippen molar-refractivity contribution in [2.75, 3.05) is 18.4 Å². The molecular weight excluding hydrogens is 374 g/mol. The molecule has 3 aromatic rings. The van der Waals surface area contributed by atoms with Crippen molar-refractivity contribution in [2.24, 2.45) is 0 Å². The number of amides is 1. The van der Waals surface area contributed by atoms with E-state index in [4.69, 9.17) is 0 Å². The summed E-state index contributed by atoms with van der Waals surface area (Å²) in [5.41, 5.74) is 4.18. The number of hydrogen-bond donors (Lipinski definition) is 2. The summed E-state index contributed by atoms with van der Waals surface area (Å²) in [5, 5.41) is 3.83. The molecule has 28 heavy (non-hydrogen) atoms. The molecule has 6 nitrogen and oxygen atoms in total. The SMILES string of the molecule is Cc1[nH]c2ccc(C(=O)Nc3cccc(S(=O)(=O)N4CCCC4)c3)cc2c1C. The fourth-order valence-electron chi connectivity index (χ4n) is 3.62. The van der Waals surface area contributed by atoms with Gasteiger partial charge in [0.2, 0.25) is 10.0 Å². The molecule has 146 valence electrons. The minimum absolute atomic E-state index is 0.208. The molecule has 0 spiro atoms. The Bertz CT molecular complexity index is 1160. The standard InChI is InChI=1S/C21H23N3O3S/c1-14-15(2)22-20-9-8-16(12-19(14)20)21(25)23-17-6-5-7-18(13-17)28(26,27)24-10-3-4-11-24/h5-9,12-13,22H,3-4,10-11H2,1-2H3,(H,23,25). The fourth-order valence-corrected chi connectivity index (χ4v) is 5.18. The Balaban J connectivity index is 1.59. The Hall–Kier alpha value is -2.64. The zero-order valence-electron chi connectivity index (χ0n) is 16.0. The third-order valence-corrected chi connectivity index (χ3v) is 7.26. The number of aromatic nitrogens is 1. The molecule has 4 rings (SSSR count). The summed E-state index contributed by atoms with van der Waals surface area (Å²) in [7, 11) is -3.52. The second-order valence-corrected chi connectivity index (χ2v) is 9.17. The molecule has 0 unspecified atom stereocenters. The molecule has 2 N–H and O–H groups in total. The van der Waals surface area contributed by atoms with Gasteiger partial charge in [-0.1, -0.05) is 6.07 Å². The molecule has 0 atom stereocenters. The first-order valence-electron chi connectivity index (χ1n) is 9.37. The number of fused-ring (bicyclic) bond motifs is 1. The van der Waals surface area contributed by atoms with Crippen LogP contribution in [0.2, 0.25) is 0 Å². The molecule has 1 fully saturated rings. The maximum atomic E-state index is 12.7. The summed E-state index contributed by atoms with van der Waals surface area (Å²) >= 11 is 0. The van der Waals surface area contributed by atoms with Gasteiger partial charge in [-0.2, -0.15) is 4.31 Å². The lowest BCUT2D eigenvalue weighted by molar-refractivity contribution is 0.102. The van der Waals surface area contributed by atoms with E-state index in [1.54, 1.807) is 24.3 Å². The molecular formula is C21H23N3O3S. The van der Waals surface area contributed by atoms with Crippen LogP contribution >= 0.6 is 0 Å². The van der Waals surface area contributed by atoms with Crippen LogP contribution in [-0.4, -0.2) is 36.7 Å². The highest BCUT2D eigenvalue weighted by molar-refractivity contribution is 7.89. The second kappa shape index (κ2) is 7.07. The van der Waals surface area contributed by atoms with Crippen molar-refractivity contribution in [3.63, 3.8) is 0 Å². The summed E-state index contributed by atoms with van der Waals surface area (Å²) in [6, 6.07) is 12.0. The molecule has 0 aliphatic carbocycles. The van der Waals surface area contributed by atoms with Crippen molar-refractivity contribution in [1.82, 2.24) is 9.29 Å². The molecule has 1 aliphatic rings. The highest BCUT2D eigenvalue weighted by Crippen LogP contribution is 2.25. The van der Waals surface area contributed by atoms with Crippen LogP contribution in [0.3, 0.4) is 0 Å². The van der Waals surface area contributed by atoms with Crippen LogP contribution in [-0.2, 0) is 10.0 Å². The molecule has 1 aliphatic heterocycles. The fraction of sp³-hybridized carbons (Fsp3) is 0.286. The first-order valence-corrected chi connectivity index (χ1v) is 10.8. The summed E-state index contributed by atoms with van der Waals surface area (Å²) in [6.45, 7) is 5.12. The maximum absolute atomic E-state index is 12.7. The Morgan fingerprint density at radius 3 is 2.57 bits per heavy atom. The van der Waals surface area contributed by atoms with Gasteiger partial charge in [0.05, 0.1) is 4.90 Å². The van der Waals surface area contributed by atoms with Crippen LogP contribution in [0.1, 0.15) is 34.5 Å². The topological polar surface area (TPSA) is 82.3 Å². The van der Waals surface area contributed by atoms with E-state index in [9.17, 15) is 13.2 Å². The van der Waals surface area contributed by atoms with E-state index in [2.05, 4.69) is 10.3 Å². The van der Waals surface area contributed by atoms with Gasteiger partial charge < -0.3 is 10.3 Å². The number of hydrogen-bond acceptors (Lipinski definition) is 3. The lowest BCUT2D eigenvalue weighted by Gasteiger charge is -2.16. The van der Waals surface area contributed by atoms with Gasteiger partial charge in [-0.05, 0) is 68.7 Å². The van der Waals surface area contributed by atoms with Gasteiger partial charge in [-0.3, -0.25) is 4.79 Å². The third kappa shape index (κ3) is 3.31. The average Bonchev–Trinajstić information content (AvgIpc) is 3.31. The van der Waals surface area contributed by atoms with Gasteiger partial charge in [0, 0.05) is 40.9 Å². The van der Waals surface area contributed by atoms with Gasteiger partial charge in [-0.15, -0.1) is 0 Å². The monoisotopic (exact) mass is 397 g/mol. The number of rotatable bonds is 4. The number of sulfonamides is 1. The molecule has 0 bridgehead atoms. The van der Waals surface area contributed by atoms with E-state index in [0.717, 1.165) is 35.0 Å². The minimum Gasteiger partial charge on any atom is -0.358 e. The number of nitrogens with one attached hydrogen (secondary N) is 2. The zero-order chi connectivity index (χ0) is 19.9. The van der Waals surface area contributed by atoms with E-state index >= 15 is 0 Å². The molecule has 1 aromatic heterocycles. The molecule has 2 aromatic carbocycles. The summed E-state index contributed by atoms with van der Waals surface area (Å²) in [6.07, 6.45) is 1.77. The lowest BCUT2D eigenvalue weighted by Crippen LogP contribution is -2.27. The van der Waals surface area contributed by atoms with Crippen LogP contribution in [0.15, 0.2) is 47.4 Å². The first kappa shape index (κ1) is 18.7. The Kier molecular flexibility index (Phi) is 4.72. The number of H-pyrrole nitrogens is 1. The Morgan fingerprint density at radius 1 is 1.07 bits per heavy atom. The molecule has 7 heteroatoms. The maximum Gasteiger partial charge on any atom is 0.255 e. The molecule has 2 heterocycles. The second-order valence-electron chi connectivity index (χ2n) is 7.23. The number of aryl methyl sites for hydroxylation is 2. The summed E-state index contributed by atoms with van der Waals surface area (Å²) in [4.78, 5) is 16.2. The molecule has 1 amide bonds. The highest BCUT2D eigenvalue weighted by Gasteiger charge is 2.27. The predicted molar refractivity (Wildman–Crippen MR) is 110 cm³/mol. The van der Waals surface area contributed by atoms with Crippen LogP contribution in [0, 0.1) is 13.8 Å². The number of anilines is 1. The lowest BCUT2D eigenvalue weighted by atomic mass is 10.1. The van der Waals surface area contributed by atoms with Gasteiger partial charge in [0.15, 0.2) is 0 Å². The van der Waals surface area contributed by atoms with Gasteiger partial charge >= 0.3 is 0 Å². The Morgan fingerprint density at radius 2 is 1.82 bits per heavy atom. The largest absolute Gasteiger partial charge is 0.358 e. The van der Waals surface area contributed by atoms with E-state index in [1.165, 1.54) is 10.4 Å². The molecule has 0 radical (unpaired) electrons. The summed E-state index contributed by atoms with van der Waals surface area (Å²) in [5.74, 6) is -0.268. The number of aromatic amines is 1. The van der Waals surface area contributed by atoms with Crippen LogP contribution < -0.4 is 5.32 Å². The quantitative estimate of drug-likeness (QED) is 0.702. The molecule has 0 saturated carbocycles. The van der Waals surface area contributed by atoms with Crippen LogP contribution in [0.5, 0.6) is 0 Å². The first-order chi connectivity index (χ1) is 13.4. The third-order valence-electron chi connectivity index (χ3n) is 5.37. The van der Waals surface area contributed by atoms with Gasteiger partial charge in [-0.25, -0.2) is 8.42 Å².